The number of aryl methyl sites for hydroxylation is 2. The van der Waals surface area contributed by atoms with Crippen LogP contribution in [0.15, 0.2) is 12.1 Å². The second kappa shape index (κ2) is 5.65. The third kappa shape index (κ3) is 2.95. The lowest BCUT2D eigenvalue weighted by atomic mass is 10.1. The van der Waals surface area contributed by atoms with Crippen LogP contribution >= 0.6 is 11.6 Å². The fourth-order valence-corrected chi connectivity index (χ4v) is 2.55. The van der Waals surface area contributed by atoms with Gasteiger partial charge in [0.15, 0.2) is 0 Å². The number of nitrogens with two attached hydrogens (primary N) is 2. The number of nitrogens with one attached hydrogen (secondary N) is 1. The molecule has 0 atom stereocenters. The second-order valence-corrected chi connectivity index (χ2v) is 5.32. The summed E-state index contributed by atoms with van der Waals surface area (Å²) < 4.78 is 1.81. The maximum atomic E-state index is 11.5. The van der Waals surface area contributed by atoms with Crippen molar-refractivity contribution in [2.24, 2.45) is 12.8 Å². The zero-order valence-electron chi connectivity index (χ0n) is 12.2. The number of rotatable bonds is 4. The Morgan fingerprint density at radius 1 is 1.43 bits per heavy atom. The molecule has 6 nitrogen and oxygen atoms in total. The normalized spacial score (nSPS) is 10.7. The number of halogens is 1. The van der Waals surface area contributed by atoms with E-state index in [0.29, 0.717) is 22.9 Å². The number of nitrogen functional groups attached to an aromatic ring is 1. The minimum atomic E-state index is -0.577. The highest BCUT2D eigenvalue weighted by Gasteiger charge is 2.15. The summed E-state index contributed by atoms with van der Waals surface area (Å²) in [5.74, 6) is -0.577. The summed E-state index contributed by atoms with van der Waals surface area (Å²) in [6, 6.07) is 3.10. The molecule has 1 amide bonds. The third-order valence-electron chi connectivity index (χ3n) is 3.48. The van der Waals surface area contributed by atoms with Gasteiger partial charge in [0, 0.05) is 30.5 Å². The molecule has 0 unspecified atom stereocenters. The van der Waals surface area contributed by atoms with Crippen LogP contribution in [0, 0.1) is 13.8 Å². The largest absolute Gasteiger partial charge is 0.399 e. The van der Waals surface area contributed by atoms with Crippen LogP contribution in [0.1, 0.15) is 27.3 Å². The van der Waals surface area contributed by atoms with Gasteiger partial charge in [-0.1, -0.05) is 11.6 Å². The number of primary amides is 1. The highest BCUT2D eigenvalue weighted by Crippen LogP contribution is 2.30. The number of hydrogen-bond donors (Lipinski definition) is 3. The van der Waals surface area contributed by atoms with Crippen molar-refractivity contribution < 1.29 is 4.79 Å². The van der Waals surface area contributed by atoms with Gasteiger partial charge in [-0.25, -0.2) is 0 Å². The molecule has 21 heavy (non-hydrogen) atoms. The molecule has 2 rings (SSSR count). The van der Waals surface area contributed by atoms with E-state index in [2.05, 4.69) is 10.4 Å². The van der Waals surface area contributed by atoms with Crippen LogP contribution in [0.3, 0.4) is 0 Å². The number of amides is 1. The molecule has 0 aliphatic carbocycles. The molecule has 5 N–H and O–H groups in total. The molecule has 112 valence electrons. The van der Waals surface area contributed by atoms with E-state index in [9.17, 15) is 4.79 Å². The van der Waals surface area contributed by atoms with Crippen LogP contribution in [0.25, 0.3) is 0 Å². The molecule has 0 bridgehead atoms. The van der Waals surface area contributed by atoms with Crippen LogP contribution in [-0.4, -0.2) is 15.7 Å². The van der Waals surface area contributed by atoms with Crippen molar-refractivity contribution in [2.75, 3.05) is 11.1 Å². The summed E-state index contributed by atoms with van der Waals surface area (Å²) >= 11 is 6.16. The quantitative estimate of drug-likeness (QED) is 0.752. The molecule has 7 heteroatoms. The maximum absolute atomic E-state index is 11.5. The number of carbonyl (C=O) groups excluding carboxylic acids is 1. The molecule has 0 aliphatic rings. The van der Waals surface area contributed by atoms with Gasteiger partial charge < -0.3 is 16.8 Å². The Kier molecular flexibility index (Phi) is 4.09. The number of benzene rings is 1. The molecule has 1 aromatic heterocycles. The summed E-state index contributed by atoms with van der Waals surface area (Å²) in [6.07, 6.45) is 0. The maximum Gasteiger partial charge on any atom is 0.250 e. The Morgan fingerprint density at radius 3 is 2.62 bits per heavy atom. The van der Waals surface area contributed by atoms with Gasteiger partial charge in [-0.2, -0.15) is 5.10 Å². The first-order valence-electron chi connectivity index (χ1n) is 6.43. The van der Waals surface area contributed by atoms with Gasteiger partial charge in [-0.15, -0.1) is 0 Å². The number of carbonyl (C=O) groups is 1. The van der Waals surface area contributed by atoms with Crippen molar-refractivity contribution in [3.8, 4) is 0 Å². The third-order valence-corrected chi connectivity index (χ3v) is 3.78. The number of nitrogens with zero attached hydrogens (tertiary/aromatic N) is 2. The van der Waals surface area contributed by atoms with Crippen molar-refractivity contribution >= 4 is 28.9 Å². The fourth-order valence-electron chi connectivity index (χ4n) is 2.25. The second-order valence-electron chi connectivity index (χ2n) is 4.92. The Labute approximate surface area is 128 Å². The molecule has 1 aromatic carbocycles. The molecular weight excluding hydrogens is 290 g/mol. The van der Waals surface area contributed by atoms with Crippen molar-refractivity contribution in [3.05, 3.63) is 39.7 Å². The standard InChI is InChI=1S/C14H18ClN5O/c1-7-11(8(2)20(3)19-7)6-18-13-10(14(17)21)4-9(16)5-12(13)15/h4-5,18H,6,16H2,1-3H3,(H2,17,21). The van der Waals surface area contributed by atoms with Gasteiger partial charge in [0.05, 0.1) is 22.0 Å². The van der Waals surface area contributed by atoms with Gasteiger partial charge in [-0.3, -0.25) is 9.48 Å². The molecule has 0 saturated heterocycles. The first kappa shape index (κ1) is 15.2. The van der Waals surface area contributed by atoms with Gasteiger partial charge in [0.1, 0.15) is 0 Å². The zero-order valence-corrected chi connectivity index (χ0v) is 13.0. The molecular formula is C14H18ClN5O. The number of hydrogen-bond acceptors (Lipinski definition) is 4. The first-order chi connectivity index (χ1) is 9.81. The van der Waals surface area contributed by atoms with E-state index in [1.54, 1.807) is 6.07 Å². The van der Waals surface area contributed by atoms with Crippen molar-refractivity contribution in [3.63, 3.8) is 0 Å². The summed E-state index contributed by atoms with van der Waals surface area (Å²) in [5, 5.41) is 7.87. The topological polar surface area (TPSA) is 99.0 Å². The van der Waals surface area contributed by atoms with E-state index in [4.69, 9.17) is 23.1 Å². The number of anilines is 2. The first-order valence-corrected chi connectivity index (χ1v) is 6.80. The van der Waals surface area contributed by atoms with Crippen LogP contribution in [0.4, 0.5) is 11.4 Å². The lowest BCUT2D eigenvalue weighted by molar-refractivity contribution is 0.100. The minimum absolute atomic E-state index is 0.277. The van der Waals surface area contributed by atoms with Gasteiger partial charge in [0.25, 0.3) is 5.91 Å². The smallest absolute Gasteiger partial charge is 0.250 e. The van der Waals surface area contributed by atoms with E-state index in [1.165, 1.54) is 6.07 Å². The van der Waals surface area contributed by atoms with Crippen LogP contribution in [0.2, 0.25) is 5.02 Å². The highest BCUT2D eigenvalue weighted by molar-refractivity contribution is 6.34. The minimum Gasteiger partial charge on any atom is -0.399 e. The molecule has 1 heterocycles. The summed E-state index contributed by atoms with van der Waals surface area (Å²) in [6.45, 7) is 4.41. The van der Waals surface area contributed by atoms with Gasteiger partial charge >= 0.3 is 0 Å². The van der Waals surface area contributed by atoms with Crippen molar-refractivity contribution in [2.45, 2.75) is 20.4 Å². The number of aromatic nitrogens is 2. The Bertz CT molecular complexity index is 708. The van der Waals surface area contributed by atoms with Crippen LogP contribution < -0.4 is 16.8 Å². The summed E-state index contributed by atoms with van der Waals surface area (Å²) in [4.78, 5) is 11.5. The summed E-state index contributed by atoms with van der Waals surface area (Å²) in [5.41, 5.74) is 15.3. The van der Waals surface area contributed by atoms with Crippen molar-refractivity contribution in [1.29, 1.82) is 0 Å². The molecule has 0 saturated carbocycles. The Balaban J connectivity index is 2.34. The lowest BCUT2D eigenvalue weighted by Gasteiger charge is -2.13. The Morgan fingerprint density at radius 2 is 2.10 bits per heavy atom. The molecule has 2 aromatic rings. The van der Waals surface area contributed by atoms with Crippen LogP contribution in [0.5, 0.6) is 0 Å². The fraction of sp³-hybridized carbons (Fsp3) is 0.286. The van der Waals surface area contributed by atoms with Gasteiger partial charge in [-0.05, 0) is 26.0 Å². The van der Waals surface area contributed by atoms with Gasteiger partial charge in [0.2, 0.25) is 0 Å². The predicted molar refractivity (Wildman–Crippen MR) is 84.4 cm³/mol. The average Bonchev–Trinajstić information content (AvgIpc) is 2.62. The summed E-state index contributed by atoms with van der Waals surface area (Å²) in [7, 11) is 1.89. The predicted octanol–water partition coefficient (Wildman–Crippen LogP) is 1.98. The lowest BCUT2D eigenvalue weighted by Crippen LogP contribution is -2.15. The molecule has 0 aliphatic heterocycles. The Hall–Kier alpha value is -2.21. The molecule has 0 radical (unpaired) electrons. The van der Waals surface area contributed by atoms with E-state index in [-0.39, 0.29) is 5.56 Å². The van der Waals surface area contributed by atoms with E-state index >= 15 is 0 Å². The zero-order chi connectivity index (χ0) is 15.7. The average molecular weight is 308 g/mol. The van der Waals surface area contributed by atoms with Crippen molar-refractivity contribution in [1.82, 2.24) is 9.78 Å². The van der Waals surface area contributed by atoms with E-state index in [1.807, 2.05) is 25.6 Å². The molecule has 0 spiro atoms. The molecule has 0 fully saturated rings. The monoisotopic (exact) mass is 307 g/mol. The van der Waals surface area contributed by atoms with Crippen LogP contribution in [-0.2, 0) is 13.6 Å². The SMILES string of the molecule is Cc1nn(C)c(C)c1CNc1c(Cl)cc(N)cc1C(N)=O. The van der Waals surface area contributed by atoms with E-state index in [0.717, 1.165) is 17.0 Å². The van der Waals surface area contributed by atoms with E-state index < -0.39 is 5.91 Å². The highest BCUT2D eigenvalue weighted by atomic mass is 35.5.